The number of aryl methyl sites for hydroxylation is 1. The summed E-state index contributed by atoms with van der Waals surface area (Å²) in [6.07, 6.45) is -0.455. The Morgan fingerprint density at radius 3 is 2.76 bits per heavy atom. The first-order chi connectivity index (χ1) is 14.9. The molecule has 0 bridgehead atoms. The lowest BCUT2D eigenvalue weighted by Crippen LogP contribution is -2.13. The van der Waals surface area contributed by atoms with Gasteiger partial charge in [-0.2, -0.15) is 23.4 Å². The summed E-state index contributed by atoms with van der Waals surface area (Å²) >= 11 is 0. The standard InChI is InChI=1S/C17H13F3N6O2S/c1-25-16-11(8-22-25)3-2-4-14(16)24-29(27,28)13-9-23-26(10-13)15-7-12(5-6-21-15)17(18,19)20/h2-10,24H,1H3/i1D3. The van der Waals surface area contributed by atoms with Crippen molar-refractivity contribution in [3.05, 3.63) is 60.7 Å². The number of pyridine rings is 1. The maximum Gasteiger partial charge on any atom is 0.416 e. The van der Waals surface area contributed by atoms with E-state index in [0.29, 0.717) is 5.39 Å². The third-order valence-corrected chi connectivity index (χ3v) is 5.33. The van der Waals surface area contributed by atoms with Crippen molar-refractivity contribution in [1.82, 2.24) is 24.5 Å². The molecule has 0 amide bonds. The number of sulfonamides is 1. The minimum Gasteiger partial charge on any atom is -0.277 e. The molecule has 1 aromatic carbocycles. The average molecular weight is 425 g/mol. The second kappa shape index (κ2) is 6.58. The number of alkyl halides is 3. The Morgan fingerprint density at radius 1 is 1.17 bits per heavy atom. The molecule has 0 saturated heterocycles. The molecule has 0 atom stereocenters. The highest BCUT2D eigenvalue weighted by Crippen LogP contribution is 2.30. The molecule has 0 fully saturated rings. The molecule has 0 aliphatic heterocycles. The van der Waals surface area contributed by atoms with Crippen molar-refractivity contribution in [2.75, 3.05) is 4.72 Å². The van der Waals surface area contributed by atoms with E-state index in [9.17, 15) is 21.6 Å². The summed E-state index contributed by atoms with van der Waals surface area (Å²) in [5, 5.41) is 7.98. The molecule has 3 heterocycles. The zero-order valence-corrected chi connectivity index (χ0v) is 15.1. The van der Waals surface area contributed by atoms with Crippen molar-refractivity contribution in [2.45, 2.75) is 11.1 Å². The molecule has 1 N–H and O–H groups in total. The number of hydrogen-bond donors (Lipinski definition) is 1. The van der Waals surface area contributed by atoms with Crippen LogP contribution < -0.4 is 4.72 Å². The summed E-state index contributed by atoms with van der Waals surface area (Å²) < 4.78 is 91.1. The Balaban J connectivity index is 1.70. The van der Waals surface area contributed by atoms with Crippen molar-refractivity contribution in [3.63, 3.8) is 0 Å². The molecular formula is C17H13F3N6O2S. The van der Waals surface area contributed by atoms with Crippen LogP contribution in [0.2, 0.25) is 0 Å². The molecule has 0 radical (unpaired) electrons. The third-order valence-electron chi connectivity index (χ3n) is 4.01. The minimum absolute atomic E-state index is 0.0407. The van der Waals surface area contributed by atoms with Crippen LogP contribution in [0.4, 0.5) is 18.9 Å². The number of halogens is 3. The van der Waals surface area contributed by atoms with Crippen molar-refractivity contribution >= 4 is 26.6 Å². The Kier molecular flexibility index (Phi) is 3.52. The fourth-order valence-electron chi connectivity index (χ4n) is 2.66. The van der Waals surface area contributed by atoms with Gasteiger partial charge in [0.25, 0.3) is 10.0 Å². The van der Waals surface area contributed by atoms with Crippen molar-refractivity contribution in [1.29, 1.82) is 0 Å². The van der Waals surface area contributed by atoms with E-state index >= 15 is 0 Å². The zero-order valence-electron chi connectivity index (χ0n) is 17.3. The molecule has 150 valence electrons. The van der Waals surface area contributed by atoms with Gasteiger partial charge in [0.15, 0.2) is 5.82 Å². The van der Waals surface area contributed by atoms with Crippen LogP contribution in [-0.4, -0.2) is 33.0 Å². The molecule has 0 aliphatic rings. The molecule has 8 nitrogen and oxygen atoms in total. The van der Waals surface area contributed by atoms with Crippen LogP contribution in [0.5, 0.6) is 0 Å². The fraction of sp³-hybridized carbons (Fsp3) is 0.118. The van der Waals surface area contributed by atoms with E-state index in [4.69, 9.17) is 4.11 Å². The van der Waals surface area contributed by atoms with Crippen molar-refractivity contribution < 1.29 is 25.7 Å². The predicted molar refractivity (Wildman–Crippen MR) is 97.9 cm³/mol. The van der Waals surface area contributed by atoms with Gasteiger partial charge in [-0.3, -0.25) is 9.40 Å². The summed E-state index contributed by atoms with van der Waals surface area (Å²) in [5.74, 6) is -0.233. The van der Waals surface area contributed by atoms with Crippen LogP contribution in [0.15, 0.2) is 60.0 Å². The van der Waals surface area contributed by atoms with Gasteiger partial charge in [0.1, 0.15) is 4.90 Å². The van der Waals surface area contributed by atoms with Gasteiger partial charge in [0.2, 0.25) is 0 Å². The number of fused-ring (bicyclic) bond motifs is 1. The number of aromatic nitrogens is 5. The topological polar surface area (TPSA) is 94.7 Å². The van der Waals surface area contributed by atoms with E-state index in [1.54, 1.807) is 6.07 Å². The highest BCUT2D eigenvalue weighted by molar-refractivity contribution is 7.92. The summed E-state index contributed by atoms with van der Waals surface area (Å²) in [5.41, 5.74) is -0.964. The first-order valence-corrected chi connectivity index (χ1v) is 9.43. The van der Waals surface area contributed by atoms with E-state index in [1.165, 1.54) is 18.3 Å². The number of nitrogens with one attached hydrogen (secondary N) is 1. The highest BCUT2D eigenvalue weighted by atomic mass is 32.2. The molecule has 0 unspecified atom stereocenters. The fourth-order valence-corrected chi connectivity index (χ4v) is 3.65. The van der Waals surface area contributed by atoms with E-state index in [2.05, 4.69) is 19.9 Å². The molecule has 4 rings (SSSR count). The SMILES string of the molecule is [2H]C([2H])([2H])n1ncc2cccc(NS(=O)(=O)c3cnn(-c4cc(C(F)(F)F)ccn4)c3)c21. The van der Waals surface area contributed by atoms with Crippen LogP contribution in [0.3, 0.4) is 0 Å². The van der Waals surface area contributed by atoms with Crippen LogP contribution in [0.25, 0.3) is 16.7 Å². The first-order valence-electron chi connectivity index (χ1n) is 9.45. The highest BCUT2D eigenvalue weighted by Gasteiger charge is 2.31. The zero-order chi connectivity index (χ0) is 23.3. The minimum atomic E-state index is -4.61. The second-order valence-corrected chi connectivity index (χ2v) is 7.61. The molecule has 12 heteroatoms. The molecule has 0 spiro atoms. The predicted octanol–water partition coefficient (Wildman–Crippen LogP) is 2.97. The van der Waals surface area contributed by atoms with E-state index in [-0.39, 0.29) is 21.9 Å². The lowest BCUT2D eigenvalue weighted by molar-refractivity contribution is -0.137. The number of hydrogen-bond acceptors (Lipinski definition) is 5. The van der Waals surface area contributed by atoms with Crippen LogP contribution in [-0.2, 0) is 23.2 Å². The first kappa shape index (κ1) is 15.5. The molecule has 3 aromatic heterocycles. The van der Waals surface area contributed by atoms with E-state index in [1.807, 2.05) is 0 Å². The average Bonchev–Trinajstić information content (AvgIpc) is 3.35. The van der Waals surface area contributed by atoms with Gasteiger partial charge in [0, 0.05) is 22.7 Å². The van der Waals surface area contributed by atoms with Gasteiger partial charge in [-0.15, -0.1) is 0 Å². The number of para-hydroxylation sites is 1. The van der Waals surface area contributed by atoms with Crippen LogP contribution in [0.1, 0.15) is 9.68 Å². The van der Waals surface area contributed by atoms with Crippen LogP contribution >= 0.6 is 0 Å². The Labute approximate surface area is 166 Å². The maximum atomic E-state index is 12.9. The monoisotopic (exact) mass is 425 g/mol. The summed E-state index contributed by atoms with van der Waals surface area (Å²) in [7, 11) is -4.28. The number of rotatable bonds is 4. The molecule has 4 aromatic rings. The number of nitrogens with zero attached hydrogens (tertiary/aromatic N) is 5. The third kappa shape index (κ3) is 3.53. The van der Waals surface area contributed by atoms with Gasteiger partial charge < -0.3 is 0 Å². The van der Waals surface area contributed by atoms with Crippen molar-refractivity contribution in [3.8, 4) is 5.82 Å². The molecule has 0 saturated carbocycles. The van der Waals surface area contributed by atoms with Gasteiger partial charge in [-0.05, 0) is 18.2 Å². The van der Waals surface area contributed by atoms with E-state index < -0.39 is 28.7 Å². The van der Waals surface area contributed by atoms with Crippen molar-refractivity contribution in [2.24, 2.45) is 6.98 Å². The molecular weight excluding hydrogens is 409 g/mol. The summed E-state index contributed by atoms with van der Waals surface area (Å²) in [4.78, 5) is 3.42. The molecule has 29 heavy (non-hydrogen) atoms. The smallest absolute Gasteiger partial charge is 0.277 e. The van der Waals surface area contributed by atoms with E-state index in [0.717, 1.165) is 40.1 Å². The Bertz CT molecular complexity index is 1410. The van der Waals surface area contributed by atoms with Gasteiger partial charge >= 0.3 is 6.18 Å². The Hall–Kier alpha value is -3.41. The van der Waals surface area contributed by atoms with Crippen LogP contribution in [0, 0.1) is 0 Å². The maximum absolute atomic E-state index is 12.9. The normalized spacial score (nSPS) is 14.4. The largest absolute Gasteiger partial charge is 0.416 e. The lowest BCUT2D eigenvalue weighted by atomic mass is 10.2. The van der Waals surface area contributed by atoms with Gasteiger partial charge in [-0.25, -0.2) is 18.1 Å². The molecule has 0 aliphatic carbocycles. The number of anilines is 1. The summed E-state index contributed by atoms with van der Waals surface area (Å²) in [6, 6.07) is 5.96. The Morgan fingerprint density at radius 2 is 2.00 bits per heavy atom. The van der Waals surface area contributed by atoms with Gasteiger partial charge in [0.05, 0.1) is 35.4 Å². The quantitative estimate of drug-likeness (QED) is 0.543. The summed E-state index contributed by atoms with van der Waals surface area (Å²) in [6.45, 7) is -2.65. The number of benzene rings is 1. The lowest BCUT2D eigenvalue weighted by Gasteiger charge is -2.09. The van der Waals surface area contributed by atoms with Gasteiger partial charge in [-0.1, -0.05) is 12.1 Å². The second-order valence-electron chi connectivity index (χ2n) is 5.93.